The molecule has 0 radical (unpaired) electrons. The van der Waals surface area contributed by atoms with Crippen molar-refractivity contribution in [1.29, 1.82) is 0 Å². The number of carbonyl (C=O) groups excluding carboxylic acids is 1. The SMILES string of the molecule is CCOc1cc(CCCNC(=NC)N(C)CC(=O)NC(C)(C)C)ccc1OC. The molecule has 2 N–H and O–H groups in total. The number of hydrogen-bond acceptors (Lipinski definition) is 4. The summed E-state index contributed by atoms with van der Waals surface area (Å²) < 4.78 is 11.0. The van der Waals surface area contributed by atoms with Crippen LogP contribution in [0.15, 0.2) is 23.2 Å². The molecule has 0 aromatic heterocycles. The van der Waals surface area contributed by atoms with Gasteiger partial charge in [-0.3, -0.25) is 9.79 Å². The zero-order chi connectivity index (χ0) is 21.2. The van der Waals surface area contributed by atoms with Gasteiger partial charge in [-0.1, -0.05) is 6.07 Å². The quantitative estimate of drug-likeness (QED) is 0.384. The Morgan fingerprint density at radius 2 is 1.96 bits per heavy atom. The van der Waals surface area contributed by atoms with Gasteiger partial charge in [0.1, 0.15) is 0 Å². The van der Waals surface area contributed by atoms with Crippen molar-refractivity contribution >= 4 is 11.9 Å². The van der Waals surface area contributed by atoms with Gasteiger partial charge in [0.2, 0.25) is 5.91 Å². The average Bonchev–Trinajstić information content (AvgIpc) is 2.60. The second-order valence-corrected chi connectivity index (χ2v) is 7.65. The molecule has 0 fully saturated rings. The van der Waals surface area contributed by atoms with Crippen LogP contribution < -0.4 is 20.1 Å². The molecule has 158 valence electrons. The molecule has 0 heterocycles. The monoisotopic (exact) mass is 392 g/mol. The minimum absolute atomic E-state index is 0.0281. The topological polar surface area (TPSA) is 75.2 Å². The van der Waals surface area contributed by atoms with E-state index in [0.717, 1.165) is 30.9 Å². The Bertz CT molecular complexity index is 654. The number of nitrogens with zero attached hydrogens (tertiary/aromatic N) is 2. The van der Waals surface area contributed by atoms with E-state index >= 15 is 0 Å². The van der Waals surface area contributed by atoms with Gasteiger partial charge >= 0.3 is 0 Å². The molecule has 1 rings (SSSR count). The Labute approximate surface area is 169 Å². The number of benzene rings is 1. The van der Waals surface area contributed by atoms with Crippen LogP contribution in [-0.4, -0.2) is 63.2 Å². The normalized spacial score (nSPS) is 11.8. The van der Waals surface area contributed by atoms with Gasteiger partial charge in [0.25, 0.3) is 0 Å². The molecule has 0 atom stereocenters. The Morgan fingerprint density at radius 3 is 2.54 bits per heavy atom. The van der Waals surface area contributed by atoms with E-state index in [9.17, 15) is 4.79 Å². The third-order valence-corrected chi connectivity index (χ3v) is 3.92. The zero-order valence-corrected chi connectivity index (χ0v) is 18.4. The number of aryl methyl sites for hydroxylation is 1. The summed E-state index contributed by atoms with van der Waals surface area (Å²) >= 11 is 0. The smallest absolute Gasteiger partial charge is 0.240 e. The first kappa shape index (κ1) is 23.6. The summed E-state index contributed by atoms with van der Waals surface area (Å²) in [6.07, 6.45) is 1.83. The minimum atomic E-state index is -0.242. The maximum Gasteiger partial charge on any atom is 0.240 e. The molecular weight excluding hydrogens is 356 g/mol. The first-order valence-electron chi connectivity index (χ1n) is 9.72. The number of amides is 1. The maximum absolute atomic E-state index is 12.1. The fraction of sp³-hybridized carbons (Fsp3) is 0.619. The van der Waals surface area contributed by atoms with Crippen molar-refractivity contribution in [3.8, 4) is 11.5 Å². The van der Waals surface area contributed by atoms with E-state index in [4.69, 9.17) is 9.47 Å². The summed E-state index contributed by atoms with van der Waals surface area (Å²) in [5.41, 5.74) is 0.951. The summed E-state index contributed by atoms with van der Waals surface area (Å²) in [4.78, 5) is 18.2. The summed E-state index contributed by atoms with van der Waals surface area (Å²) in [6, 6.07) is 6.02. The van der Waals surface area contributed by atoms with Crippen LogP contribution in [-0.2, 0) is 11.2 Å². The van der Waals surface area contributed by atoms with E-state index in [1.165, 1.54) is 5.56 Å². The molecule has 0 aliphatic carbocycles. The summed E-state index contributed by atoms with van der Waals surface area (Å²) in [6.45, 7) is 9.48. The number of hydrogen-bond donors (Lipinski definition) is 2. The maximum atomic E-state index is 12.1. The molecule has 1 amide bonds. The molecule has 0 saturated carbocycles. The van der Waals surface area contributed by atoms with Crippen LogP contribution in [0.2, 0.25) is 0 Å². The molecule has 7 heteroatoms. The molecule has 7 nitrogen and oxygen atoms in total. The predicted octanol–water partition coefficient (Wildman–Crippen LogP) is 2.45. The van der Waals surface area contributed by atoms with Gasteiger partial charge in [-0.25, -0.2) is 0 Å². The third-order valence-electron chi connectivity index (χ3n) is 3.92. The van der Waals surface area contributed by atoms with Crippen molar-refractivity contribution in [2.75, 3.05) is 40.9 Å². The molecule has 0 aliphatic rings. The Kier molecular flexibility index (Phi) is 9.62. The van der Waals surface area contributed by atoms with Gasteiger partial charge in [0.15, 0.2) is 17.5 Å². The second kappa shape index (κ2) is 11.4. The summed E-state index contributed by atoms with van der Waals surface area (Å²) in [5, 5.41) is 6.27. The number of methoxy groups -OCH3 is 1. The van der Waals surface area contributed by atoms with Crippen molar-refractivity contribution in [1.82, 2.24) is 15.5 Å². The van der Waals surface area contributed by atoms with Crippen LogP contribution in [0.5, 0.6) is 11.5 Å². The second-order valence-electron chi connectivity index (χ2n) is 7.65. The van der Waals surface area contributed by atoms with Gasteiger partial charge in [0, 0.05) is 26.2 Å². The van der Waals surface area contributed by atoms with E-state index in [1.807, 2.05) is 51.8 Å². The first-order chi connectivity index (χ1) is 13.2. The van der Waals surface area contributed by atoms with Gasteiger partial charge in [-0.15, -0.1) is 0 Å². The number of ether oxygens (including phenoxy) is 2. The standard InChI is InChI=1S/C21H36N4O3/c1-8-28-18-14-16(11-12-17(18)27-7)10-9-13-23-20(22-5)25(6)15-19(26)24-21(2,3)4/h11-12,14H,8-10,13,15H2,1-7H3,(H,22,23)(H,24,26). The van der Waals surface area contributed by atoms with Crippen molar-refractivity contribution in [3.63, 3.8) is 0 Å². The molecule has 28 heavy (non-hydrogen) atoms. The molecule has 0 aliphatic heterocycles. The minimum Gasteiger partial charge on any atom is -0.493 e. The highest BCUT2D eigenvalue weighted by atomic mass is 16.5. The molecule has 0 saturated heterocycles. The molecule has 0 unspecified atom stereocenters. The van der Waals surface area contributed by atoms with Gasteiger partial charge < -0.3 is 25.0 Å². The van der Waals surface area contributed by atoms with Crippen LogP contribution in [0.1, 0.15) is 39.7 Å². The van der Waals surface area contributed by atoms with Gasteiger partial charge in [-0.05, 0) is 58.2 Å². The van der Waals surface area contributed by atoms with Gasteiger partial charge in [0.05, 0.1) is 20.3 Å². The third kappa shape index (κ3) is 8.50. The van der Waals surface area contributed by atoms with Crippen LogP contribution in [0.4, 0.5) is 0 Å². The number of nitrogens with one attached hydrogen (secondary N) is 2. The van der Waals surface area contributed by atoms with E-state index in [2.05, 4.69) is 21.7 Å². The highest BCUT2D eigenvalue weighted by molar-refractivity contribution is 5.86. The predicted molar refractivity (Wildman–Crippen MR) is 114 cm³/mol. The van der Waals surface area contributed by atoms with E-state index in [0.29, 0.717) is 12.6 Å². The van der Waals surface area contributed by atoms with Gasteiger partial charge in [-0.2, -0.15) is 0 Å². The number of likely N-dealkylation sites (N-methyl/N-ethyl adjacent to an activating group) is 1. The Balaban J connectivity index is 2.49. The number of carbonyl (C=O) groups is 1. The molecular formula is C21H36N4O3. The summed E-state index contributed by atoms with van der Waals surface area (Å²) in [7, 11) is 5.22. The zero-order valence-electron chi connectivity index (χ0n) is 18.4. The van der Waals surface area contributed by atoms with Crippen LogP contribution in [0.3, 0.4) is 0 Å². The molecule has 1 aromatic carbocycles. The van der Waals surface area contributed by atoms with Crippen LogP contribution in [0.25, 0.3) is 0 Å². The lowest BCUT2D eigenvalue weighted by Crippen LogP contribution is -2.48. The van der Waals surface area contributed by atoms with E-state index < -0.39 is 0 Å². The fourth-order valence-electron chi connectivity index (χ4n) is 2.77. The lowest BCUT2D eigenvalue weighted by molar-refractivity contribution is -0.122. The largest absolute Gasteiger partial charge is 0.493 e. The lowest BCUT2D eigenvalue weighted by Gasteiger charge is -2.25. The lowest BCUT2D eigenvalue weighted by atomic mass is 10.1. The highest BCUT2D eigenvalue weighted by Crippen LogP contribution is 2.28. The summed E-state index contributed by atoms with van der Waals surface area (Å²) in [5.74, 6) is 2.20. The van der Waals surface area contributed by atoms with Crippen LogP contribution in [0, 0.1) is 0 Å². The van der Waals surface area contributed by atoms with Crippen molar-refractivity contribution in [2.24, 2.45) is 4.99 Å². The fourth-order valence-corrected chi connectivity index (χ4v) is 2.77. The number of aliphatic imine (C=N–C) groups is 1. The van der Waals surface area contributed by atoms with Crippen molar-refractivity contribution in [2.45, 2.75) is 46.1 Å². The van der Waals surface area contributed by atoms with Crippen molar-refractivity contribution < 1.29 is 14.3 Å². The van der Waals surface area contributed by atoms with E-state index in [-0.39, 0.29) is 18.0 Å². The molecule has 1 aromatic rings. The number of guanidine groups is 1. The van der Waals surface area contributed by atoms with E-state index in [1.54, 1.807) is 14.2 Å². The highest BCUT2D eigenvalue weighted by Gasteiger charge is 2.16. The number of rotatable bonds is 9. The van der Waals surface area contributed by atoms with Crippen LogP contribution >= 0.6 is 0 Å². The average molecular weight is 393 g/mol. The van der Waals surface area contributed by atoms with Crippen molar-refractivity contribution in [3.05, 3.63) is 23.8 Å². The molecule has 0 bridgehead atoms. The Hall–Kier alpha value is -2.44. The molecule has 0 spiro atoms. The first-order valence-corrected chi connectivity index (χ1v) is 9.72. The Morgan fingerprint density at radius 1 is 1.25 bits per heavy atom.